The lowest BCUT2D eigenvalue weighted by Crippen LogP contribution is -2.49. The van der Waals surface area contributed by atoms with Crippen molar-refractivity contribution in [2.45, 2.75) is 18.5 Å². The lowest BCUT2D eigenvalue weighted by Gasteiger charge is -2.34. The summed E-state index contributed by atoms with van der Waals surface area (Å²) in [6.45, 7) is 4.77. The van der Waals surface area contributed by atoms with Crippen LogP contribution in [0, 0.1) is 6.92 Å². The molecule has 3 aromatic rings. The minimum Gasteiger partial charge on any atom is -0.410 e. The van der Waals surface area contributed by atoms with E-state index in [0.717, 1.165) is 41.8 Å². The lowest BCUT2D eigenvalue weighted by molar-refractivity contribution is 0.149. The second kappa shape index (κ2) is 9.87. The fourth-order valence-electron chi connectivity index (χ4n) is 3.41. The van der Waals surface area contributed by atoms with Gasteiger partial charge in [-0.05, 0) is 42.7 Å². The number of benzene rings is 1. The highest BCUT2D eigenvalue weighted by atomic mass is 32.2. The Morgan fingerprint density at radius 2 is 1.84 bits per heavy atom. The number of rotatable bonds is 6. The predicted octanol–water partition coefficient (Wildman–Crippen LogP) is 3.78. The Kier molecular flexibility index (Phi) is 6.76. The summed E-state index contributed by atoms with van der Waals surface area (Å²) in [7, 11) is 2.00. The Hall–Kier alpha value is -3.00. The van der Waals surface area contributed by atoms with Gasteiger partial charge in [0.1, 0.15) is 11.6 Å². The number of piperazine rings is 1. The van der Waals surface area contributed by atoms with Gasteiger partial charge in [-0.15, -0.1) is 0 Å². The smallest absolute Gasteiger partial charge is 0.410 e. The van der Waals surface area contributed by atoms with Gasteiger partial charge in [0.15, 0.2) is 5.16 Å². The Morgan fingerprint density at radius 1 is 1.06 bits per heavy atom. The standard InChI is InChI=1S/C23H27N5O2S/c1-18-3-8-21(25-17-18)27-12-14-28(15-13-27)23(29)30-20-6-4-19(5-7-20)9-16-31-22-24-10-11-26(22)2/h3-8,10-11,17H,9,12-16H2,1-2H3. The maximum Gasteiger partial charge on any atom is 0.415 e. The van der Waals surface area contributed by atoms with Gasteiger partial charge in [0.25, 0.3) is 0 Å². The largest absolute Gasteiger partial charge is 0.415 e. The number of imidazole rings is 1. The number of hydrogen-bond acceptors (Lipinski definition) is 6. The maximum atomic E-state index is 12.5. The van der Waals surface area contributed by atoms with Gasteiger partial charge in [-0.3, -0.25) is 0 Å². The number of aryl methyl sites for hydroxylation is 3. The van der Waals surface area contributed by atoms with E-state index < -0.39 is 0 Å². The number of carbonyl (C=O) groups excluding carboxylic acids is 1. The van der Waals surface area contributed by atoms with E-state index in [1.54, 1.807) is 16.7 Å². The van der Waals surface area contributed by atoms with Crippen molar-refractivity contribution >= 4 is 23.7 Å². The highest BCUT2D eigenvalue weighted by molar-refractivity contribution is 7.99. The summed E-state index contributed by atoms with van der Waals surface area (Å²) < 4.78 is 7.60. The lowest BCUT2D eigenvalue weighted by atomic mass is 10.2. The number of pyridine rings is 1. The average Bonchev–Trinajstić information content (AvgIpc) is 3.20. The molecule has 1 saturated heterocycles. The van der Waals surface area contributed by atoms with Gasteiger partial charge in [0.2, 0.25) is 0 Å². The first-order valence-electron chi connectivity index (χ1n) is 10.4. The molecule has 0 N–H and O–H groups in total. The van der Waals surface area contributed by atoms with E-state index >= 15 is 0 Å². The number of aromatic nitrogens is 3. The van der Waals surface area contributed by atoms with E-state index in [0.29, 0.717) is 18.8 Å². The summed E-state index contributed by atoms with van der Waals surface area (Å²) in [6, 6.07) is 11.9. The molecule has 1 aromatic carbocycles. The molecule has 1 amide bonds. The zero-order valence-electron chi connectivity index (χ0n) is 17.9. The second-order valence-corrected chi connectivity index (χ2v) is 8.66. The molecule has 3 heterocycles. The van der Waals surface area contributed by atoms with Gasteiger partial charge in [0.05, 0.1) is 0 Å². The van der Waals surface area contributed by atoms with Gasteiger partial charge >= 0.3 is 6.09 Å². The van der Waals surface area contributed by atoms with E-state index in [1.165, 1.54) is 5.56 Å². The molecule has 2 aromatic heterocycles. The third-order valence-corrected chi connectivity index (χ3v) is 6.34. The maximum absolute atomic E-state index is 12.5. The minimum absolute atomic E-state index is 0.297. The molecule has 1 aliphatic rings. The Balaban J connectivity index is 1.22. The fraction of sp³-hybridized carbons (Fsp3) is 0.348. The third kappa shape index (κ3) is 5.58. The molecule has 0 radical (unpaired) electrons. The van der Waals surface area contributed by atoms with Crippen LogP contribution < -0.4 is 9.64 Å². The highest BCUT2D eigenvalue weighted by Gasteiger charge is 2.23. The zero-order chi connectivity index (χ0) is 21.6. The molecular weight excluding hydrogens is 410 g/mol. The molecule has 0 spiro atoms. The SMILES string of the molecule is Cc1ccc(N2CCN(C(=O)Oc3ccc(CCSc4nccn4C)cc3)CC2)nc1. The number of amides is 1. The van der Waals surface area contributed by atoms with Crippen molar-refractivity contribution in [2.24, 2.45) is 7.05 Å². The second-order valence-electron chi connectivity index (χ2n) is 7.60. The summed E-state index contributed by atoms with van der Waals surface area (Å²) in [5.74, 6) is 2.48. The number of thioether (sulfide) groups is 1. The molecule has 1 aliphatic heterocycles. The van der Waals surface area contributed by atoms with Crippen molar-refractivity contribution in [1.29, 1.82) is 0 Å². The molecule has 0 unspecified atom stereocenters. The Labute approximate surface area is 187 Å². The first kappa shape index (κ1) is 21.2. The van der Waals surface area contributed by atoms with Crippen LogP contribution in [0.1, 0.15) is 11.1 Å². The third-order valence-electron chi connectivity index (χ3n) is 5.29. The molecular formula is C23H27N5O2S. The quantitative estimate of drug-likeness (QED) is 0.547. The fourth-order valence-corrected chi connectivity index (χ4v) is 4.33. The normalized spacial score (nSPS) is 14.0. The molecule has 0 saturated carbocycles. The predicted molar refractivity (Wildman–Crippen MR) is 123 cm³/mol. The van der Waals surface area contributed by atoms with Gasteiger partial charge < -0.3 is 19.1 Å². The molecule has 0 aliphatic carbocycles. The summed E-state index contributed by atoms with van der Waals surface area (Å²) >= 11 is 1.73. The summed E-state index contributed by atoms with van der Waals surface area (Å²) in [4.78, 5) is 25.3. The molecule has 162 valence electrons. The molecule has 4 rings (SSSR count). The molecule has 0 bridgehead atoms. The molecule has 31 heavy (non-hydrogen) atoms. The van der Waals surface area contributed by atoms with Gasteiger partial charge in [0, 0.05) is 57.6 Å². The number of nitrogens with zero attached hydrogens (tertiary/aromatic N) is 5. The minimum atomic E-state index is -0.297. The van der Waals surface area contributed by atoms with E-state index in [-0.39, 0.29) is 6.09 Å². The van der Waals surface area contributed by atoms with Crippen molar-refractivity contribution < 1.29 is 9.53 Å². The van der Waals surface area contributed by atoms with Crippen molar-refractivity contribution in [3.05, 3.63) is 66.1 Å². The van der Waals surface area contributed by atoms with Crippen molar-refractivity contribution in [3.8, 4) is 5.75 Å². The van der Waals surface area contributed by atoms with E-state index in [1.807, 2.05) is 67.5 Å². The van der Waals surface area contributed by atoms with Gasteiger partial charge in [-0.25, -0.2) is 14.8 Å². The van der Waals surface area contributed by atoms with Gasteiger partial charge in [-0.1, -0.05) is 30.0 Å². The van der Waals surface area contributed by atoms with Crippen LogP contribution in [-0.2, 0) is 13.5 Å². The molecule has 7 nitrogen and oxygen atoms in total. The molecule has 8 heteroatoms. The summed E-state index contributed by atoms with van der Waals surface area (Å²) in [5, 5.41) is 1.02. The van der Waals surface area contributed by atoms with Crippen molar-refractivity contribution in [3.63, 3.8) is 0 Å². The van der Waals surface area contributed by atoms with Crippen LogP contribution in [0.5, 0.6) is 5.75 Å². The van der Waals surface area contributed by atoms with Crippen LogP contribution in [0.4, 0.5) is 10.6 Å². The van der Waals surface area contributed by atoms with Crippen LogP contribution in [0.2, 0.25) is 0 Å². The summed E-state index contributed by atoms with van der Waals surface area (Å²) in [5.41, 5.74) is 2.35. The number of ether oxygens (including phenoxy) is 1. The van der Waals surface area contributed by atoms with Crippen LogP contribution >= 0.6 is 11.8 Å². The van der Waals surface area contributed by atoms with Crippen molar-refractivity contribution in [1.82, 2.24) is 19.4 Å². The first-order valence-corrected chi connectivity index (χ1v) is 11.4. The summed E-state index contributed by atoms with van der Waals surface area (Å²) in [6.07, 6.45) is 6.27. The van der Waals surface area contributed by atoms with Crippen molar-refractivity contribution in [2.75, 3.05) is 36.8 Å². The Bertz CT molecular complexity index is 996. The van der Waals surface area contributed by atoms with E-state index in [2.05, 4.69) is 20.9 Å². The molecule has 1 fully saturated rings. The van der Waals surface area contributed by atoms with Crippen LogP contribution in [0.3, 0.4) is 0 Å². The number of carbonyl (C=O) groups is 1. The number of anilines is 1. The topological polar surface area (TPSA) is 63.5 Å². The molecule has 0 atom stereocenters. The van der Waals surface area contributed by atoms with E-state index in [9.17, 15) is 4.79 Å². The zero-order valence-corrected chi connectivity index (χ0v) is 18.7. The van der Waals surface area contributed by atoms with Crippen LogP contribution in [0.15, 0.2) is 60.1 Å². The average molecular weight is 438 g/mol. The van der Waals surface area contributed by atoms with Crippen LogP contribution in [-0.4, -0.2) is 57.5 Å². The van der Waals surface area contributed by atoms with Crippen LogP contribution in [0.25, 0.3) is 0 Å². The van der Waals surface area contributed by atoms with Gasteiger partial charge in [-0.2, -0.15) is 0 Å². The Morgan fingerprint density at radius 3 is 2.48 bits per heavy atom. The first-order chi connectivity index (χ1) is 15.1. The monoisotopic (exact) mass is 437 g/mol. The highest BCUT2D eigenvalue weighted by Crippen LogP contribution is 2.19. The number of hydrogen-bond donors (Lipinski definition) is 0. The van der Waals surface area contributed by atoms with E-state index in [4.69, 9.17) is 4.74 Å².